The standard InChI is InChI=1S/C21H24F2O3/c1-2-3-4-5-6-7-12-26-20-11-8-15(13-18(20)21(24)25)17-10-9-16(22)14-19(17)23/h8-11,13-14H,2-7,12H2,1H3,(H,24,25)/p-1. The SMILES string of the molecule is CCCCCCCCOc1ccc(-c2ccc(F)cc2F)cc1C(=O)[O-]. The van der Waals surface area contributed by atoms with Gasteiger partial charge in [0.1, 0.15) is 17.4 Å². The minimum atomic E-state index is -1.40. The van der Waals surface area contributed by atoms with Gasteiger partial charge in [-0.15, -0.1) is 0 Å². The molecule has 0 aliphatic heterocycles. The van der Waals surface area contributed by atoms with Crippen molar-refractivity contribution in [3.05, 3.63) is 53.6 Å². The quantitative estimate of drug-likeness (QED) is 0.575. The molecule has 0 radical (unpaired) electrons. The Hall–Kier alpha value is -2.43. The van der Waals surface area contributed by atoms with E-state index in [2.05, 4.69) is 6.92 Å². The molecule has 0 aliphatic rings. The molecule has 0 aromatic heterocycles. The highest BCUT2D eigenvalue weighted by Gasteiger charge is 2.11. The number of carbonyl (C=O) groups is 1. The predicted molar refractivity (Wildman–Crippen MR) is 95.0 cm³/mol. The molecule has 26 heavy (non-hydrogen) atoms. The molecule has 5 heteroatoms. The van der Waals surface area contributed by atoms with Crippen molar-refractivity contribution in [2.45, 2.75) is 45.4 Å². The molecule has 0 saturated heterocycles. The molecule has 0 fully saturated rings. The van der Waals surface area contributed by atoms with Gasteiger partial charge in [-0.2, -0.15) is 0 Å². The van der Waals surface area contributed by atoms with Crippen LogP contribution in [0.25, 0.3) is 11.1 Å². The van der Waals surface area contributed by atoms with Gasteiger partial charge in [-0.25, -0.2) is 8.78 Å². The Balaban J connectivity index is 2.05. The van der Waals surface area contributed by atoms with Gasteiger partial charge in [0.2, 0.25) is 0 Å². The number of carbonyl (C=O) groups excluding carboxylic acids is 1. The fourth-order valence-electron chi connectivity index (χ4n) is 2.77. The molecule has 2 aromatic rings. The van der Waals surface area contributed by atoms with E-state index in [0.717, 1.165) is 31.4 Å². The Kier molecular flexibility index (Phi) is 7.57. The Morgan fingerprint density at radius 2 is 1.73 bits per heavy atom. The van der Waals surface area contributed by atoms with Gasteiger partial charge in [0, 0.05) is 17.2 Å². The van der Waals surface area contributed by atoms with Crippen molar-refractivity contribution in [1.29, 1.82) is 0 Å². The average molecular weight is 361 g/mol. The zero-order valence-electron chi connectivity index (χ0n) is 14.9. The molecule has 0 unspecified atom stereocenters. The number of benzene rings is 2. The molecule has 3 nitrogen and oxygen atoms in total. The molecular formula is C21H23F2O3-. The van der Waals surface area contributed by atoms with Crippen LogP contribution in [0.3, 0.4) is 0 Å². The lowest BCUT2D eigenvalue weighted by atomic mass is 10.0. The monoisotopic (exact) mass is 361 g/mol. The summed E-state index contributed by atoms with van der Waals surface area (Å²) >= 11 is 0. The van der Waals surface area contributed by atoms with Crippen LogP contribution < -0.4 is 9.84 Å². The number of hydrogen-bond acceptors (Lipinski definition) is 3. The molecule has 140 valence electrons. The first-order valence-electron chi connectivity index (χ1n) is 8.96. The maximum Gasteiger partial charge on any atom is 0.133 e. The van der Waals surface area contributed by atoms with Crippen molar-refractivity contribution in [3.8, 4) is 16.9 Å². The summed E-state index contributed by atoms with van der Waals surface area (Å²) in [6, 6.07) is 7.49. The summed E-state index contributed by atoms with van der Waals surface area (Å²) in [6.45, 7) is 2.57. The predicted octanol–water partition coefficient (Wildman–Crippen LogP) is 4.73. The van der Waals surface area contributed by atoms with Crippen molar-refractivity contribution in [3.63, 3.8) is 0 Å². The molecular weight excluding hydrogens is 338 g/mol. The third kappa shape index (κ3) is 5.55. The minimum absolute atomic E-state index is 0.122. The lowest BCUT2D eigenvalue weighted by Gasteiger charge is -2.14. The van der Waals surface area contributed by atoms with Crippen molar-refractivity contribution in [2.75, 3.05) is 6.61 Å². The molecule has 2 aromatic carbocycles. The van der Waals surface area contributed by atoms with Crippen molar-refractivity contribution in [2.24, 2.45) is 0 Å². The van der Waals surface area contributed by atoms with E-state index in [1.54, 1.807) is 6.07 Å². The van der Waals surface area contributed by atoms with Gasteiger partial charge in [-0.05, 0) is 36.2 Å². The van der Waals surface area contributed by atoms with Gasteiger partial charge < -0.3 is 14.6 Å². The molecule has 2 rings (SSSR count). The van der Waals surface area contributed by atoms with E-state index >= 15 is 0 Å². The average Bonchev–Trinajstić information content (AvgIpc) is 2.61. The first-order chi connectivity index (χ1) is 12.5. The highest BCUT2D eigenvalue weighted by atomic mass is 19.1. The summed E-state index contributed by atoms with van der Waals surface area (Å²) in [4.78, 5) is 11.4. The van der Waals surface area contributed by atoms with Crippen molar-refractivity contribution in [1.82, 2.24) is 0 Å². The fourth-order valence-corrected chi connectivity index (χ4v) is 2.77. The van der Waals surface area contributed by atoms with Gasteiger partial charge in [0.25, 0.3) is 0 Å². The maximum atomic E-state index is 13.9. The summed E-state index contributed by atoms with van der Waals surface area (Å²) < 4.78 is 32.5. The Labute approximate surface area is 152 Å². The second-order valence-corrected chi connectivity index (χ2v) is 6.24. The summed E-state index contributed by atoms with van der Waals surface area (Å²) in [7, 11) is 0. The van der Waals surface area contributed by atoms with E-state index in [4.69, 9.17) is 4.74 Å². The van der Waals surface area contributed by atoms with Crippen LogP contribution in [0.5, 0.6) is 5.75 Å². The molecule has 0 saturated carbocycles. The second-order valence-electron chi connectivity index (χ2n) is 6.24. The van der Waals surface area contributed by atoms with Crippen LogP contribution in [-0.2, 0) is 0 Å². The van der Waals surface area contributed by atoms with Gasteiger partial charge in [0.05, 0.1) is 12.6 Å². The van der Waals surface area contributed by atoms with Gasteiger partial charge in [-0.3, -0.25) is 0 Å². The number of carboxylic acids is 1. The minimum Gasteiger partial charge on any atom is -0.545 e. The first-order valence-corrected chi connectivity index (χ1v) is 8.96. The van der Waals surface area contributed by atoms with Crippen LogP contribution in [0, 0.1) is 11.6 Å². The molecule has 0 amide bonds. The van der Waals surface area contributed by atoms with Crippen molar-refractivity contribution >= 4 is 5.97 Å². The van der Waals surface area contributed by atoms with Crippen LogP contribution in [0.1, 0.15) is 55.8 Å². The van der Waals surface area contributed by atoms with Crippen LogP contribution in [0.15, 0.2) is 36.4 Å². The molecule has 0 aliphatic carbocycles. The van der Waals surface area contributed by atoms with Crippen LogP contribution >= 0.6 is 0 Å². The lowest BCUT2D eigenvalue weighted by molar-refractivity contribution is -0.255. The fraction of sp³-hybridized carbons (Fsp3) is 0.381. The summed E-state index contributed by atoms with van der Waals surface area (Å²) in [5, 5.41) is 11.4. The van der Waals surface area contributed by atoms with E-state index in [1.165, 1.54) is 37.5 Å². The molecule has 0 heterocycles. The largest absolute Gasteiger partial charge is 0.545 e. The molecule has 0 spiro atoms. The van der Waals surface area contributed by atoms with Gasteiger partial charge >= 0.3 is 0 Å². The summed E-state index contributed by atoms with van der Waals surface area (Å²) in [5.74, 6) is -2.64. The zero-order chi connectivity index (χ0) is 18.9. The second kappa shape index (κ2) is 9.90. The molecule has 0 bridgehead atoms. The van der Waals surface area contributed by atoms with Crippen LogP contribution in [0.4, 0.5) is 8.78 Å². The highest BCUT2D eigenvalue weighted by molar-refractivity contribution is 5.91. The molecule has 0 N–H and O–H groups in total. The summed E-state index contributed by atoms with van der Waals surface area (Å²) in [6.07, 6.45) is 6.60. The lowest BCUT2D eigenvalue weighted by Crippen LogP contribution is -2.23. The van der Waals surface area contributed by atoms with Crippen molar-refractivity contribution < 1.29 is 23.4 Å². The third-order valence-corrected chi connectivity index (χ3v) is 4.20. The number of unbranched alkanes of at least 4 members (excludes halogenated alkanes) is 5. The van der Waals surface area contributed by atoms with Crippen LogP contribution in [-0.4, -0.2) is 12.6 Å². The zero-order valence-corrected chi connectivity index (χ0v) is 14.9. The van der Waals surface area contributed by atoms with E-state index in [1.807, 2.05) is 0 Å². The van der Waals surface area contributed by atoms with E-state index in [-0.39, 0.29) is 16.9 Å². The normalized spacial score (nSPS) is 10.7. The van der Waals surface area contributed by atoms with Gasteiger partial charge in [0.15, 0.2) is 0 Å². The molecule has 0 atom stereocenters. The number of aromatic carboxylic acids is 1. The number of rotatable bonds is 10. The number of hydrogen-bond donors (Lipinski definition) is 0. The Morgan fingerprint density at radius 3 is 2.42 bits per heavy atom. The van der Waals surface area contributed by atoms with E-state index in [9.17, 15) is 18.7 Å². The smallest absolute Gasteiger partial charge is 0.133 e. The first kappa shape index (κ1) is 19.9. The number of halogens is 2. The van der Waals surface area contributed by atoms with E-state index < -0.39 is 17.6 Å². The maximum absolute atomic E-state index is 13.9. The van der Waals surface area contributed by atoms with Crippen LogP contribution in [0.2, 0.25) is 0 Å². The summed E-state index contributed by atoms with van der Waals surface area (Å²) in [5.41, 5.74) is 0.308. The Bertz CT molecular complexity index is 744. The van der Waals surface area contributed by atoms with Gasteiger partial charge in [-0.1, -0.05) is 45.1 Å². The number of carboxylic acid groups (broad SMARTS) is 1. The highest BCUT2D eigenvalue weighted by Crippen LogP contribution is 2.29. The topological polar surface area (TPSA) is 49.4 Å². The Morgan fingerprint density at radius 1 is 1.00 bits per heavy atom. The van der Waals surface area contributed by atoms with E-state index in [0.29, 0.717) is 12.2 Å². The number of ether oxygens (including phenoxy) is 1. The third-order valence-electron chi connectivity index (χ3n) is 4.20.